The second-order valence-electron chi connectivity index (χ2n) is 8.22. The minimum absolute atomic E-state index is 0.0318. The molecule has 31 heavy (non-hydrogen) atoms. The number of carbonyl (C=O) groups is 2. The number of hydrogen-bond acceptors (Lipinski definition) is 4. The molecule has 2 aromatic carbocycles. The Bertz CT molecular complexity index is 1190. The minimum Gasteiger partial charge on any atom is -0.350 e. The van der Waals surface area contributed by atoms with Gasteiger partial charge < -0.3 is 5.32 Å². The Hall–Kier alpha value is -3.32. The van der Waals surface area contributed by atoms with Crippen LogP contribution >= 0.6 is 11.3 Å². The summed E-state index contributed by atoms with van der Waals surface area (Å²) in [4.78, 5) is 27.7. The summed E-state index contributed by atoms with van der Waals surface area (Å²) in [6.45, 7) is 6.30. The van der Waals surface area contributed by atoms with Crippen molar-refractivity contribution in [2.24, 2.45) is 0 Å². The van der Waals surface area contributed by atoms with Crippen molar-refractivity contribution in [1.82, 2.24) is 0 Å². The summed E-state index contributed by atoms with van der Waals surface area (Å²) in [5.41, 5.74) is 1.64. The van der Waals surface area contributed by atoms with Crippen molar-refractivity contribution in [2.75, 3.05) is 10.2 Å². The van der Waals surface area contributed by atoms with Crippen molar-refractivity contribution < 1.29 is 18.4 Å². The zero-order chi connectivity index (χ0) is 22.3. The number of halogens is 2. The van der Waals surface area contributed by atoms with Gasteiger partial charge in [0.2, 0.25) is 0 Å². The lowest BCUT2D eigenvalue weighted by molar-refractivity contribution is -0.120. The average Bonchev–Trinajstić information content (AvgIpc) is 3.30. The number of rotatable bonds is 4. The first-order valence-corrected chi connectivity index (χ1v) is 10.5. The summed E-state index contributed by atoms with van der Waals surface area (Å²) in [5.74, 6) is -3.13. The van der Waals surface area contributed by atoms with Crippen LogP contribution in [0.4, 0.5) is 20.2 Å². The summed E-state index contributed by atoms with van der Waals surface area (Å²) in [5, 5.41) is 4.84. The van der Waals surface area contributed by atoms with E-state index in [1.54, 1.807) is 17.5 Å². The van der Waals surface area contributed by atoms with Crippen molar-refractivity contribution in [3.63, 3.8) is 0 Å². The molecule has 2 amide bonds. The summed E-state index contributed by atoms with van der Waals surface area (Å²) in [7, 11) is 0. The molecular formula is C24H20F2N2O2S. The Labute approximate surface area is 182 Å². The third-order valence-corrected chi connectivity index (χ3v) is 5.91. The van der Waals surface area contributed by atoms with E-state index < -0.39 is 23.4 Å². The average molecular weight is 438 g/mol. The van der Waals surface area contributed by atoms with Crippen LogP contribution in [0.15, 0.2) is 65.7 Å². The van der Waals surface area contributed by atoms with Gasteiger partial charge in [0.15, 0.2) is 0 Å². The molecule has 2 heterocycles. The monoisotopic (exact) mass is 438 g/mol. The molecule has 0 spiro atoms. The highest BCUT2D eigenvalue weighted by molar-refractivity contribution is 7.11. The van der Waals surface area contributed by atoms with E-state index in [1.165, 1.54) is 11.3 Å². The van der Waals surface area contributed by atoms with Crippen molar-refractivity contribution in [1.29, 1.82) is 0 Å². The predicted molar refractivity (Wildman–Crippen MR) is 119 cm³/mol. The van der Waals surface area contributed by atoms with E-state index >= 15 is 0 Å². The van der Waals surface area contributed by atoms with Crippen LogP contribution in [-0.4, -0.2) is 11.8 Å². The van der Waals surface area contributed by atoms with Crippen LogP contribution < -0.4 is 10.2 Å². The number of carbonyl (C=O) groups excluding carboxylic acids is 2. The number of nitrogens with one attached hydrogen (secondary N) is 1. The van der Waals surface area contributed by atoms with Crippen molar-refractivity contribution in [2.45, 2.75) is 26.2 Å². The first kappa shape index (κ1) is 20.9. The second kappa shape index (κ2) is 7.74. The number of hydrogen-bond donors (Lipinski definition) is 1. The molecule has 158 valence electrons. The van der Waals surface area contributed by atoms with Gasteiger partial charge in [0.1, 0.15) is 17.3 Å². The molecule has 0 saturated heterocycles. The van der Waals surface area contributed by atoms with Crippen LogP contribution in [-0.2, 0) is 15.0 Å². The lowest BCUT2D eigenvalue weighted by Gasteiger charge is -2.19. The van der Waals surface area contributed by atoms with E-state index in [1.807, 2.05) is 24.3 Å². The lowest BCUT2D eigenvalue weighted by atomic mass is 9.87. The van der Waals surface area contributed by atoms with Gasteiger partial charge >= 0.3 is 0 Å². The van der Waals surface area contributed by atoms with E-state index in [4.69, 9.17) is 0 Å². The Morgan fingerprint density at radius 1 is 0.935 bits per heavy atom. The molecule has 4 rings (SSSR count). The van der Waals surface area contributed by atoms with Crippen LogP contribution in [0.25, 0.3) is 5.57 Å². The fourth-order valence-corrected chi connectivity index (χ4v) is 4.14. The molecule has 0 atom stereocenters. The Kier molecular flexibility index (Phi) is 5.23. The maximum absolute atomic E-state index is 14.4. The highest BCUT2D eigenvalue weighted by atomic mass is 32.1. The predicted octanol–water partition coefficient (Wildman–Crippen LogP) is 5.72. The molecule has 3 aromatic rings. The molecule has 0 unspecified atom stereocenters. The van der Waals surface area contributed by atoms with Crippen LogP contribution in [0.3, 0.4) is 0 Å². The van der Waals surface area contributed by atoms with Gasteiger partial charge in [0, 0.05) is 16.6 Å². The topological polar surface area (TPSA) is 49.4 Å². The Morgan fingerprint density at radius 2 is 1.65 bits per heavy atom. The van der Waals surface area contributed by atoms with Gasteiger partial charge in [-0.15, -0.1) is 11.3 Å². The molecular weight excluding hydrogens is 418 g/mol. The van der Waals surface area contributed by atoms with E-state index in [0.29, 0.717) is 16.6 Å². The molecule has 1 aromatic heterocycles. The van der Waals surface area contributed by atoms with Crippen molar-refractivity contribution >= 4 is 40.1 Å². The van der Waals surface area contributed by atoms with E-state index in [9.17, 15) is 18.4 Å². The standard InChI is InChI=1S/C24H20F2N2O2S/c1-24(2,3)14-6-9-16(10-7-14)27-21-20(19-5-4-12-31-19)22(29)28(23(21)30)18-11-8-15(25)13-17(18)26/h4-13,27H,1-3H3. The summed E-state index contributed by atoms with van der Waals surface area (Å²) < 4.78 is 27.8. The number of anilines is 2. The Morgan fingerprint density at radius 3 is 2.23 bits per heavy atom. The van der Waals surface area contributed by atoms with Gasteiger partial charge in [-0.25, -0.2) is 13.7 Å². The van der Waals surface area contributed by atoms with Crippen LogP contribution in [0.5, 0.6) is 0 Å². The zero-order valence-electron chi connectivity index (χ0n) is 17.2. The van der Waals surface area contributed by atoms with Crippen molar-refractivity contribution in [3.8, 4) is 0 Å². The molecule has 1 aliphatic rings. The molecule has 7 heteroatoms. The van der Waals surface area contributed by atoms with Gasteiger partial charge in [-0.2, -0.15) is 0 Å². The van der Waals surface area contributed by atoms with Crippen LogP contribution in [0, 0.1) is 11.6 Å². The summed E-state index contributed by atoms with van der Waals surface area (Å²) in [6.07, 6.45) is 0. The summed E-state index contributed by atoms with van der Waals surface area (Å²) in [6, 6.07) is 13.8. The quantitative estimate of drug-likeness (QED) is 0.530. The largest absolute Gasteiger partial charge is 0.350 e. The van der Waals surface area contributed by atoms with Crippen LogP contribution in [0.2, 0.25) is 0 Å². The van der Waals surface area contributed by atoms with Gasteiger partial charge in [0.25, 0.3) is 11.8 Å². The molecule has 4 nitrogen and oxygen atoms in total. The molecule has 1 N–H and O–H groups in total. The van der Waals surface area contributed by atoms with E-state index in [-0.39, 0.29) is 22.4 Å². The smallest absolute Gasteiger partial charge is 0.282 e. The maximum Gasteiger partial charge on any atom is 0.282 e. The van der Waals surface area contributed by atoms with E-state index in [2.05, 4.69) is 26.1 Å². The van der Waals surface area contributed by atoms with Crippen molar-refractivity contribution in [3.05, 3.63) is 87.7 Å². The molecule has 0 aliphatic carbocycles. The molecule has 0 bridgehead atoms. The number of nitrogens with zero attached hydrogens (tertiary/aromatic N) is 1. The number of thiophene rings is 1. The number of benzene rings is 2. The first-order valence-electron chi connectivity index (χ1n) is 9.66. The fourth-order valence-electron chi connectivity index (χ4n) is 3.37. The molecule has 0 radical (unpaired) electrons. The second-order valence-corrected chi connectivity index (χ2v) is 9.17. The van der Waals surface area contributed by atoms with Gasteiger partial charge in [-0.3, -0.25) is 9.59 Å². The molecule has 0 saturated carbocycles. The summed E-state index contributed by atoms with van der Waals surface area (Å²) >= 11 is 1.30. The highest BCUT2D eigenvalue weighted by Crippen LogP contribution is 2.36. The van der Waals surface area contributed by atoms with Crippen LogP contribution in [0.1, 0.15) is 31.2 Å². The minimum atomic E-state index is -0.983. The third kappa shape index (κ3) is 3.88. The van der Waals surface area contributed by atoms with Gasteiger partial charge in [-0.1, -0.05) is 39.0 Å². The number of amides is 2. The zero-order valence-corrected chi connectivity index (χ0v) is 18.0. The third-order valence-electron chi connectivity index (χ3n) is 5.02. The first-order chi connectivity index (χ1) is 14.7. The molecule has 0 fully saturated rings. The lowest BCUT2D eigenvalue weighted by Crippen LogP contribution is -2.33. The van der Waals surface area contributed by atoms with Gasteiger partial charge in [0.05, 0.1) is 11.3 Å². The Balaban J connectivity index is 1.76. The fraction of sp³-hybridized carbons (Fsp3) is 0.167. The maximum atomic E-state index is 14.4. The van der Waals surface area contributed by atoms with E-state index in [0.717, 1.165) is 22.6 Å². The normalized spacial score (nSPS) is 14.5. The highest BCUT2D eigenvalue weighted by Gasteiger charge is 2.41. The van der Waals surface area contributed by atoms with Gasteiger partial charge in [-0.05, 0) is 46.7 Å². The molecule has 1 aliphatic heterocycles. The SMILES string of the molecule is CC(C)(C)c1ccc(NC2=C(c3cccs3)C(=O)N(c3ccc(F)cc3F)C2=O)cc1. The number of imide groups is 1.